The van der Waals surface area contributed by atoms with Crippen LogP contribution in [0.4, 0.5) is 0 Å². The number of allylic oxidation sites excluding steroid dienone is 2. The van der Waals surface area contributed by atoms with Gasteiger partial charge in [0, 0.05) is 0 Å². The highest BCUT2D eigenvalue weighted by Crippen LogP contribution is 2.08. The minimum atomic E-state index is 0.792. The molecule has 56 valence electrons. The predicted molar refractivity (Wildman–Crippen MR) is 50.9 cm³/mol. The van der Waals surface area contributed by atoms with E-state index in [0.29, 0.717) is 0 Å². The van der Waals surface area contributed by atoms with Crippen molar-refractivity contribution in [1.29, 1.82) is 0 Å². The van der Waals surface area contributed by atoms with E-state index in [1.165, 1.54) is 12.7 Å². The van der Waals surface area contributed by atoms with Gasteiger partial charge in [-0.3, -0.25) is 0 Å². The molecule has 0 spiro atoms. The standard InChI is InChI=1S/C9H17B/c1-4-7-10(8-5-2)9-6-3/h4-5H,1-2,6-9H2,3H3. The third kappa shape index (κ3) is 4.43. The highest BCUT2D eigenvalue weighted by molar-refractivity contribution is 6.59. The molecule has 0 atom stereocenters. The third-order valence-electron chi connectivity index (χ3n) is 1.70. The lowest BCUT2D eigenvalue weighted by atomic mass is 9.42. The zero-order valence-electron chi connectivity index (χ0n) is 6.97. The lowest BCUT2D eigenvalue weighted by molar-refractivity contribution is 1.05. The largest absolute Gasteiger partial charge is 0.147 e. The Hall–Kier alpha value is -0.455. The molecule has 0 fully saturated rings. The second-order valence-corrected chi connectivity index (χ2v) is 2.70. The molecule has 0 aromatic rings. The van der Waals surface area contributed by atoms with Crippen LogP contribution in [0.15, 0.2) is 25.3 Å². The van der Waals surface area contributed by atoms with Gasteiger partial charge >= 0.3 is 0 Å². The molecule has 0 rings (SSSR count). The van der Waals surface area contributed by atoms with Gasteiger partial charge in [-0.05, 0) is 0 Å². The van der Waals surface area contributed by atoms with Crippen LogP contribution in [0.1, 0.15) is 13.3 Å². The second-order valence-electron chi connectivity index (χ2n) is 2.70. The normalized spacial score (nSPS) is 8.90. The van der Waals surface area contributed by atoms with Gasteiger partial charge in [0.15, 0.2) is 0 Å². The van der Waals surface area contributed by atoms with E-state index in [9.17, 15) is 0 Å². The van der Waals surface area contributed by atoms with Gasteiger partial charge in [0.2, 0.25) is 0 Å². The van der Waals surface area contributed by atoms with Crippen LogP contribution in [-0.2, 0) is 0 Å². The molecule has 0 amide bonds. The van der Waals surface area contributed by atoms with E-state index in [2.05, 4.69) is 20.1 Å². The fourth-order valence-electron chi connectivity index (χ4n) is 1.21. The molecular weight excluding hydrogens is 119 g/mol. The van der Waals surface area contributed by atoms with Crippen LogP contribution in [0.25, 0.3) is 0 Å². The fourth-order valence-corrected chi connectivity index (χ4v) is 1.21. The van der Waals surface area contributed by atoms with E-state index in [1.807, 2.05) is 12.2 Å². The van der Waals surface area contributed by atoms with Gasteiger partial charge in [-0.1, -0.05) is 44.5 Å². The van der Waals surface area contributed by atoms with Crippen molar-refractivity contribution in [2.45, 2.75) is 32.3 Å². The van der Waals surface area contributed by atoms with Crippen molar-refractivity contribution in [3.8, 4) is 0 Å². The van der Waals surface area contributed by atoms with E-state index in [0.717, 1.165) is 19.4 Å². The maximum absolute atomic E-state index is 3.73. The number of rotatable bonds is 6. The first-order valence-corrected chi connectivity index (χ1v) is 4.06. The average molecular weight is 136 g/mol. The van der Waals surface area contributed by atoms with Crippen LogP contribution in [0, 0.1) is 0 Å². The Kier molecular flexibility index (Phi) is 6.36. The molecule has 0 N–H and O–H groups in total. The molecule has 0 aliphatic carbocycles. The molecule has 1 heteroatoms. The van der Waals surface area contributed by atoms with Crippen LogP contribution >= 0.6 is 0 Å². The Morgan fingerprint density at radius 3 is 2.00 bits per heavy atom. The fraction of sp³-hybridized carbons (Fsp3) is 0.556. The summed E-state index contributed by atoms with van der Waals surface area (Å²) in [6.07, 6.45) is 8.86. The minimum Gasteiger partial charge on any atom is -0.104 e. The van der Waals surface area contributed by atoms with E-state index in [1.54, 1.807) is 0 Å². The number of hydrogen-bond acceptors (Lipinski definition) is 0. The summed E-state index contributed by atoms with van der Waals surface area (Å²) in [7, 11) is 0. The monoisotopic (exact) mass is 136 g/mol. The third-order valence-corrected chi connectivity index (χ3v) is 1.70. The van der Waals surface area contributed by atoms with Crippen molar-refractivity contribution in [3.63, 3.8) is 0 Å². The van der Waals surface area contributed by atoms with Crippen molar-refractivity contribution in [1.82, 2.24) is 0 Å². The Morgan fingerprint density at radius 1 is 1.20 bits per heavy atom. The van der Waals surface area contributed by atoms with Gasteiger partial charge in [0.1, 0.15) is 6.71 Å². The molecule has 0 aliphatic rings. The molecule has 0 aromatic heterocycles. The molecule has 0 radical (unpaired) electrons. The summed E-state index contributed by atoms with van der Waals surface area (Å²) in [4.78, 5) is 0. The zero-order chi connectivity index (χ0) is 7.82. The quantitative estimate of drug-likeness (QED) is 0.388. The Bertz CT molecular complexity index is 86.9. The highest BCUT2D eigenvalue weighted by Gasteiger charge is 2.06. The van der Waals surface area contributed by atoms with Gasteiger partial charge in [0.05, 0.1) is 0 Å². The van der Waals surface area contributed by atoms with E-state index in [4.69, 9.17) is 0 Å². The van der Waals surface area contributed by atoms with Crippen LogP contribution < -0.4 is 0 Å². The highest BCUT2D eigenvalue weighted by atomic mass is 13.8. The summed E-state index contributed by atoms with van der Waals surface area (Å²) in [5, 5.41) is 0. The molecule has 0 saturated heterocycles. The van der Waals surface area contributed by atoms with Crippen LogP contribution in [0.2, 0.25) is 19.0 Å². The van der Waals surface area contributed by atoms with E-state index in [-0.39, 0.29) is 0 Å². The van der Waals surface area contributed by atoms with Gasteiger partial charge in [0.25, 0.3) is 0 Å². The maximum atomic E-state index is 3.73. The molecular formula is C9H17B. The predicted octanol–water partition coefficient (Wildman–Crippen LogP) is 3.26. The molecule has 0 saturated carbocycles. The molecule has 0 aromatic carbocycles. The van der Waals surface area contributed by atoms with Crippen LogP contribution in [0.5, 0.6) is 0 Å². The van der Waals surface area contributed by atoms with Crippen molar-refractivity contribution in [2.24, 2.45) is 0 Å². The maximum Gasteiger partial charge on any atom is 0.147 e. The smallest absolute Gasteiger partial charge is 0.104 e. The number of hydrogen-bond donors (Lipinski definition) is 0. The first-order valence-electron chi connectivity index (χ1n) is 4.06. The Balaban J connectivity index is 3.48. The van der Waals surface area contributed by atoms with Crippen molar-refractivity contribution in [2.75, 3.05) is 0 Å². The molecule has 0 nitrogen and oxygen atoms in total. The van der Waals surface area contributed by atoms with Crippen molar-refractivity contribution in [3.05, 3.63) is 25.3 Å². The molecule has 0 bridgehead atoms. The zero-order valence-corrected chi connectivity index (χ0v) is 6.97. The van der Waals surface area contributed by atoms with E-state index < -0.39 is 0 Å². The van der Waals surface area contributed by atoms with E-state index >= 15 is 0 Å². The van der Waals surface area contributed by atoms with Crippen LogP contribution in [-0.4, -0.2) is 6.71 Å². The summed E-state index contributed by atoms with van der Waals surface area (Å²) in [6.45, 7) is 10.5. The van der Waals surface area contributed by atoms with Crippen molar-refractivity contribution < 1.29 is 0 Å². The molecule has 10 heavy (non-hydrogen) atoms. The van der Waals surface area contributed by atoms with Gasteiger partial charge in [-0.25, -0.2) is 0 Å². The average Bonchev–Trinajstić information content (AvgIpc) is 1.90. The Labute approximate surface area is 65.1 Å². The summed E-state index contributed by atoms with van der Waals surface area (Å²) >= 11 is 0. The lowest BCUT2D eigenvalue weighted by Crippen LogP contribution is -2.07. The van der Waals surface area contributed by atoms with Crippen LogP contribution in [0.3, 0.4) is 0 Å². The second kappa shape index (κ2) is 6.66. The molecule has 0 unspecified atom stereocenters. The van der Waals surface area contributed by atoms with Gasteiger partial charge < -0.3 is 0 Å². The SMILES string of the molecule is C=CCB(CC=C)CCC. The summed E-state index contributed by atoms with van der Waals surface area (Å²) in [6, 6.07) is 0. The summed E-state index contributed by atoms with van der Waals surface area (Å²) < 4.78 is 0. The van der Waals surface area contributed by atoms with Gasteiger partial charge in [-0.15, -0.1) is 13.2 Å². The summed E-state index contributed by atoms with van der Waals surface area (Å²) in [5.74, 6) is 0. The first kappa shape index (κ1) is 9.54. The molecule has 0 aliphatic heterocycles. The molecule has 0 heterocycles. The summed E-state index contributed by atoms with van der Waals surface area (Å²) in [5.41, 5.74) is 0. The van der Waals surface area contributed by atoms with Gasteiger partial charge in [-0.2, -0.15) is 0 Å². The lowest BCUT2D eigenvalue weighted by Gasteiger charge is -2.05. The Morgan fingerprint density at radius 2 is 1.70 bits per heavy atom. The minimum absolute atomic E-state index is 0.792. The first-order chi connectivity index (χ1) is 4.85. The van der Waals surface area contributed by atoms with Crippen molar-refractivity contribution >= 4 is 6.71 Å². The topological polar surface area (TPSA) is 0 Å².